The van der Waals surface area contributed by atoms with Crippen LogP contribution in [0.1, 0.15) is 36.2 Å². The Bertz CT molecular complexity index is 584. The number of benzene rings is 1. The van der Waals surface area contributed by atoms with Crippen molar-refractivity contribution in [3.8, 4) is 0 Å². The first-order chi connectivity index (χ1) is 10.1. The Kier molecular flexibility index (Phi) is 5.88. The molecule has 1 atom stereocenters. The van der Waals surface area contributed by atoms with Crippen LogP contribution in [0.4, 0.5) is 4.39 Å². The molecule has 0 spiro atoms. The molecule has 2 aromatic rings. The molecule has 0 aliphatic rings. The average Bonchev–Trinajstić information content (AvgIpc) is 2.49. The zero-order chi connectivity index (χ0) is 15.2. The van der Waals surface area contributed by atoms with Crippen molar-refractivity contribution in [1.29, 1.82) is 0 Å². The van der Waals surface area contributed by atoms with Gasteiger partial charge in [-0.05, 0) is 65.5 Å². The van der Waals surface area contributed by atoms with E-state index in [0.29, 0.717) is 4.47 Å². The molecule has 0 fully saturated rings. The molecule has 2 rings (SSSR count). The Morgan fingerprint density at radius 1 is 1.29 bits per heavy atom. The third-order valence-corrected chi connectivity index (χ3v) is 4.32. The van der Waals surface area contributed by atoms with Crippen LogP contribution in [0.15, 0.2) is 41.0 Å². The standard InChI is InChI=1S/C17H20BrFN2/c1-3-9-20-16(14-8-7-12(2)21-11-14)10-13-5-4-6-15(19)17(13)18/h4-8,11,16,20H,3,9-10H2,1-2H3. The summed E-state index contributed by atoms with van der Waals surface area (Å²) in [7, 11) is 0. The van der Waals surface area contributed by atoms with Crippen LogP contribution in [-0.2, 0) is 6.42 Å². The Morgan fingerprint density at radius 2 is 2.10 bits per heavy atom. The van der Waals surface area contributed by atoms with Gasteiger partial charge in [0.25, 0.3) is 0 Å². The van der Waals surface area contributed by atoms with Gasteiger partial charge in [-0.15, -0.1) is 0 Å². The van der Waals surface area contributed by atoms with Gasteiger partial charge in [-0.25, -0.2) is 4.39 Å². The molecule has 0 amide bonds. The van der Waals surface area contributed by atoms with Gasteiger partial charge in [0.15, 0.2) is 0 Å². The van der Waals surface area contributed by atoms with Crippen LogP contribution >= 0.6 is 15.9 Å². The normalized spacial score (nSPS) is 12.4. The number of nitrogens with zero attached hydrogens (tertiary/aromatic N) is 1. The van der Waals surface area contributed by atoms with Crippen molar-refractivity contribution in [2.75, 3.05) is 6.54 Å². The van der Waals surface area contributed by atoms with Crippen LogP contribution in [0.25, 0.3) is 0 Å². The highest BCUT2D eigenvalue weighted by molar-refractivity contribution is 9.10. The fourth-order valence-corrected chi connectivity index (χ4v) is 2.66. The van der Waals surface area contributed by atoms with Gasteiger partial charge in [0, 0.05) is 17.9 Å². The molecule has 4 heteroatoms. The van der Waals surface area contributed by atoms with E-state index >= 15 is 0 Å². The summed E-state index contributed by atoms with van der Waals surface area (Å²) in [6.07, 6.45) is 3.68. The fraction of sp³-hybridized carbons (Fsp3) is 0.353. The number of hydrogen-bond donors (Lipinski definition) is 1. The summed E-state index contributed by atoms with van der Waals surface area (Å²) < 4.78 is 14.2. The highest BCUT2D eigenvalue weighted by atomic mass is 79.9. The van der Waals surface area contributed by atoms with Crippen molar-refractivity contribution < 1.29 is 4.39 Å². The van der Waals surface area contributed by atoms with Gasteiger partial charge in [-0.1, -0.05) is 25.1 Å². The Labute approximate surface area is 133 Å². The third kappa shape index (κ3) is 4.35. The van der Waals surface area contributed by atoms with E-state index in [1.54, 1.807) is 6.07 Å². The minimum absolute atomic E-state index is 0.135. The highest BCUT2D eigenvalue weighted by Gasteiger charge is 2.15. The van der Waals surface area contributed by atoms with Crippen molar-refractivity contribution in [1.82, 2.24) is 10.3 Å². The first kappa shape index (κ1) is 16.1. The maximum atomic E-state index is 13.7. The van der Waals surface area contributed by atoms with E-state index in [-0.39, 0.29) is 11.9 Å². The molecular weight excluding hydrogens is 331 g/mol. The maximum absolute atomic E-state index is 13.7. The van der Waals surface area contributed by atoms with Crippen LogP contribution in [0, 0.1) is 12.7 Å². The molecule has 0 radical (unpaired) electrons. The maximum Gasteiger partial charge on any atom is 0.137 e. The summed E-state index contributed by atoms with van der Waals surface area (Å²) in [4.78, 5) is 4.36. The largest absolute Gasteiger partial charge is 0.310 e. The second-order valence-electron chi connectivity index (χ2n) is 5.16. The highest BCUT2D eigenvalue weighted by Crippen LogP contribution is 2.26. The molecular formula is C17H20BrFN2. The summed E-state index contributed by atoms with van der Waals surface area (Å²) in [5.74, 6) is -0.219. The summed E-state index contributed by atoms with van der Waals surface area (Å²) in [6, 6.07) is 9.40. The average molecular weight is 351 g/mol. The molecule has 1 aromatic carbocycles. The summed E-state index contributed by atoms with van der Waals surface area (Å²) >= 11 is 3.34. The van der Waals surface area contributed by atoms with Gasteiger partial charge in [0.2, 0.25) is 0 Å². The predicted octanol–water partition coefficient (Wildman–Crippen LogP) is 4.58. The second-order valence-corrected chi connectivity index (χ2v) is 5.95. The first-order valence-electron chi connectivity index (χ1n) is 7.20. The minimum atomic E-state index is -0.219. The van der Waals surface area contributed by atoms with E-state index in [2.05, 4.69) is 39.2 Å². The van der Waals surface area contributed by atoms with Crippen molar-refractivity contribution in [2.24, 2.45) is 0 Å². The molecule has 0 aliphatic carbocycles. The summed E-state index contributed by atoms with van der Waals surface area (Å²) in [5.41, 5.74) is 3.09. The summed E-state index contributed by atoms with van der Waals surface area (Å²) in [5, 5.41) is 3.52. The number of hydrogen-bond acceptors (Lipinski definition) is 2. The van der Waals surface area contributed by atoms with Gasteiger partial charge in [-0.3, -0.25) is 4.98 Å². The van der Waals surface area contributed by atoms with Gasteiger partial charge < -0.3 is 5.32 Å². The van der Waals surface area contributed by atoms with Crippen molar-refractivity contribution in [3.05, 3.63) is 63.6 Å². The van der Waals surface area contributed by atoms with Crippen LogP contribution in [-0.4, -0.2) is 11.5 Å². The van der Waals surface area contributed by atoms with E-state index in [4.69, 9.17) is 0 Å². The van der Waals surface area contributed by atoms with Crippen molar-refractivity contribution in [3.63, 3.8) is 0 Å². The molecule has 2 nitrogen and oxygen atoms in total. The number of rotatable bonds is 6. The Hall–Kier alpha value is -1.26. The number of pyridine rings is 1. The predicted molar refractivity (Wildman–Crippen MR) is 87.8 cm³/mol. The molecule has 0 saturated heterocycles. The zero-order valence-corrected chi connectivity index (χ0v) is 14.0. The van der Waals surface area contributed by atoms with E-state index in [0.717, 1.165) is 36.2 Å². The lowest BCUT2D eigenvalue weighted by Gasteiger charge is -2.20. The number of nitrogens with one attached hydrogen (secondary N) is 1. The smallest absolute Gasteiger partial charge is 0.137 e. The van der Waals surface area contributed by atoms with Crippen LogP contribution in [0.3, 0.4) is 0 Å². The van der Waals surface area contributed by atoms with Crippen LogP contribution in [0.5, 0.6) is 0 Å². The van der Waals surface area contributed by atoms with Gasteiger partial charge in [0.1, 0.15) is 5.82 Å². The minimum Gasteiger partial charge on any atom is -0.310 e. The monoisotopic (exact) mass is 350 g/mol. The molecule has 1 unspecified atom stereocenters. The molecule has 0 aliphatic heterocycles. The van der Waals surface area contributed by atoms with Crippen LogP contribution in [0.2, 0.25) is 0 Å². The third-order valence-electron chi connectivity index (χ3n) is 3.43. The van der Waals surface area contributed by atoms with E-state index in [1.807, 2.05) is 25.3 Å². The molecule has 0 saturated carbocycles. The number of halogens is 2. The second kappa shape index (κ2) is 7.66. The summed E-state index contributed by atoms with van der Waals surface area (Å²) in [6.45, 7) is 5.03. The van der Waals surface area contributed by atoms with Crippen molar-refractivity contribution in [2.45, 2.75) is 32.7 Å². The lowest BCUT2D eigenvalue weighted by molar-refractivity contribution is 0.524. The molecule has 21 heavy (non-hydrogen) atoms. The molecule has 1 N–H and O–H groups in total. The lowest BCUT2D eigenvalue weighted by atomic mass is 9.99. The molecule has 1 aromatic heterocycles. The molecule has 0 bridgehead atoms. The molecule has 1 heterocycles. The zero-order valence-electron chi connectivity index (χ0n) is 12.4. The molecule has 112 valence electrons. The van der Waals surface area contributed by atoms with E-state index < -0.39 is 0 Å². The van der Waals surface area contributed by atoms with E-state index in [9.17, 15) is 4.39 Å². The van der Waals surface area contributed by atoms with Gasteiger partial charge in [-0.2, -0.15) is 0 Å². The van der Waals surface area contributed by atoms with Crippen LogP contribution < -0.4 is 5.32 Å². The Morgan fingerprint density at radius 3 is 2.76 bits per heavy atom. The fourth-order valence-electron chi connectivity index (χ4n) is 2.24. The Balaban J connectivity index is 2.23. The van der Waals surface area contributed by atoms with Gasteiger partial charge >= 0.3 is 0 Å². The lowest BCUT2D eigenvalue weighted by Crippen LogP contribution is -2.24. The topological polar surface area (TPSA) is 24.9 Å². The quantitative estimate of drug-likeness (QED) is 0.824. The first-order valence-corrected chi connectivity index (χ1v) is 8.00. The van der Waals surface area contributed by atoms with E-state index in [1.165, 1.54) is 6.07 Å². The number of aromatic nitrogens is 1. The van der Waals surface area contributed by atoms with Crippen molar-refractivity contribution >= 4 is 15.9 Å². The number of aryl methyl sites for hydroxylation is 1. The van der Waals surface area contributed by atoms with Gasteiger partial charge in [0.05, 0.1) is 4.47 Å². The SMILES string of the molecule is CCCNC(Cc1cccc(F)c1Br)c1ccc(C)nc1.